The molecule has 0 aromatic heterocycles. The van der Waals surface area contributed by atoms with Crippen molar-refractivity contribution in [2.24, 2.45) is 11.0 Å². The zero-order chi connectivity index (χ0) is 23.2. The predicted octanol–water partition coefficient (Wildman–Crippen LogP) is 2.33. The standard InChI is InChI=1S/C24H32N4O5/c1-2-33-22(30)15-28-24(31)27(14-21(29)19-16-32-13-12-25-19)20-11-7-6-10-18(20)23(26-28)17-8-4-3-5-9-17/h6-7,10-11,17,19,25H,2-5,8-9,12-16H2,1H3. The molecule has 2 aliphatic heterocycles. The van der Waals surface area contributed by atoms with Gasteiger partial charge in [0.2, 0.25) is 0 Å². The molecule has 0 bridgehead atoms. The van der Waals surface area contributed by atoms with Crippen LogP contribution in [-0.2, 0) is 19.1 Å². The number of morpholine rings is 1. The Morgan fingerprint density at radius 2 is 1.97 bits per heavy atom. The lowest BCUT2D eigenvalue weighted by molar-refractivity contribution is -0.143. The van der Waals surface area contributed by atoms with Crippen LogP contribution >= 0.6 is 0 Å². The van der Waals surface area contributed by atoms with Crippen molar-refractivity contribution in [3.05, 3.63) is 29.8 Å². The number of ether oxygens (including phenoxy) is 2. The Morgan fingerprint density at radius 3 is 2.70 bits per heavy atom. The number of rotatable bonds is 7. The lowest BCUT2D eigenvalue weighted by atomic mass is 9.83. The van der Waals surface area contributed by atoms with Gasteiger partial charge >= 0.3 is 12.0 Å². The van der Waals surface area contributed by atoms with Crippen LogP contribution in [0, 0.1) is 5.92 Å². The van der Waals surface area contributed by atoms with Crippen LogP contribution in [0.1, 0.15) is 44.6 Å². The zero-order valence-electron chi connectivity index (χ0n) is 19.1. The number of nitrogens with one attached hydrogen (secondary N) is 1. The van der Waals surface area contributed by atoms with Crippen LogP contribution < -0.4 is 10.2 Å². The normalized spacial score (nSPS) is 21.8. The molecule has 1 saturated carbocycles. The van der Waals surface area contributed by atoms with E-state index in [1.54, 1.807) is 6.92 Å². The molecule has 2 fully saturated rings. The third-order valence-corrected chi connectivity index (χ3v) is 6.35. The number of ketones is 1. The van der Waals surface area contributed by atoms with E-state index in [9.17, 15) is 14.4 Å². The summed E-state index contributed by atoms with van der Waals surface area (Å²) in [5, 5.41) is 9.04. The van der Waals surface area contributed by atoms with Crippen molar-refractivity contribution in [1.82, 2.24) is 10.3 Å². The van der Waals surface area contributed by atoms with E-state index in [1.165, 1.54) is 16.3 Å². The van der Waals surface area contributed by atoms with Crippen molar-refractivity contribution < 1.29 is 23.9 Å². The second-order valence-corrected chi connectivity index (χ2v) is 8.62. The Labute approximate surface area is 194 Å². The van der Waals surface area contributed by atoms with Crippen molar-refractivity contribution in [1.29, 1.82) is 0 Å². The van der Waals surface area contributed by atoms with Crippen LogP contribution in [0.4, 0.5) is 10.5 Å². The number of amides is 2. The van der Waals surface area contributed by atoms with E-state index >= 15 is 0 Å². The summed E-state index contributed by atoms with van der Waals surface area (Å²) in [4.78, 5) is 40.4. The molecule has 1 unspecified atom stereocenters. The smallest absolute Gasteiger partial charge is 0.345 e. The van der Waals surface area contributed by atoms with Gasteiger partial charge in [0, 0.05) is 18.0 Å². The summed E-state index contributed by atoms with van der Waals surface area (Å²) in [6.45, 7) is 2.93. The molecule has 1 aromatic carbocycles. The van der Waals surface area contributed by atoms with Crippen molar-refractivity contribution >= 4 is 29.2 Å². The fourth-order valence-corrected chi connectivity index (χ4v) is 4.70. The number of anilines is 1. The minimum absolute atomic E-state index is 0.135. The minimum Gasteiger partial charge on any atom is -0.465 e. The number of hydrogen-bond acceptors (Lipinski definition) is 7. The van der Waals surface area contributed by atoms with E-state index in [0.717, 1.165) is 37.0 Å². The fourth-order valence-electron chi connectivity index (χ4n) is 4.70. The van der Waals surface area contributed by atoms with Crippen molar-refractivity contribution in [2.45, 2.75) is 45.1 Å². The maximum atomic E-state index is 13.6. The van der Waals surface area contributed by atoms with Gasteiger partial charge in [-0.3, -0.25) is 14.5 Å². The molecule has 9 heteroatoms. The number of carbonyl (C=O) groups is 3. The number of carbonyl (C=O) groups excluding carboxylic acids is 3. The summed E-state index contributed by atoms with van der Waals surface area (Å²) in [5.41, 5.74) is 2.28. The summed E-state index contributed by atoms with van der Waals surface area (Å²) in [6, 6.07) is 6.58. The highest BCUT2D eigenvalue weighted by molar-refractivity contribution is 6.13. The van der Waals surface area contributed by atoms with Crippen LogP contribution in [0.3, 0.4) is 0 Å². The number of Topliss-reactive ketones (excluding diaryl/α,β-unsaturated/α-hetero) is 1. The third kappa shape index (κ3) is 5.42. The number of hydrogen-bond donors (Lipinski definition) is 1. The first kappa shape index (κ1) is 23.4. The molecule has 4 rings (SSSR count). The van der Waals surface area contributed by atoms with Crippen molar-refractivity contribution in [3.63, 3.8) is 0 Å². The summed E-state index contributed by atoms with van der Waals surface area (Å²) in [7, 11) is 0. The Kier molecular flexibility index (Phi) is 7.72. The Bertz CT molecular complexity index is 906. The number of nitrogens with zero attached hydrogens (tertiary/aromatic N) is 3. The van der Waals surface area contributed by atoms with Gasteiger partial charge in [0.1, 0.15) is 6.54 Å². The molecule has 1 aromatic rings. The Morgan fingerprint density at radius 1 is 1.18 bits per heavy atom. The molecule has 1 aliphatic carbocycles. The molecule has 2 amide bonds. The van der Waals surface area contributed by atoms with Crippen LogP contribution in [-0.4, -0.2) is 74.0 Å². The van der Waals surface area contributed by atoms with Crippen LogP contribution in [0.5, 0.6) is 0 Å². The van der Waals surface area contributed by atoms with E-state index in [0.29, 0.717) is 18.8 Å². The van der Waals surface area contributed by atoms with Crippen LogP contribution in [0.25, 0.3) is 0 Å². The zero-order valence-corrected chi connectivity index (χ0v) is 19.1. The van der Waals surface area contributed by atoms with Gasteiger partial charge in [0.15, 0.2) is 5.78 Å². The largest absolute Gasteiger partial charge is 0.465 e. The molecular weight excluding hydrogens is 424 g/mol. The van der Waals surface area contributed by atoms with Crippen LogP contribution in [0.2, 0.25) is 0 Å². The van der Waals surface area contributed by atoms with Gasteiger partial charge in [-0.05, 0) is 25.8 Å². The molecule has 1 N–H and O–H groups in total. The molecule has 2 heterocycles. The van der Waals surface area contributed by atoms with E-state index in [2.05, 4.69) is 5.32 Å². The van der Waals surface area contributed by atoms with Gasteiger partial charge < -0.3 is 14.8 Å². The quantitative estimate of drug-likeness (QED) is 0.632. The van der Waals surface area contributed by atoms with Gasteiger partial charge in [-0.2, -0.15) is 5.10 Å². The topological polar surface area (TPSA) is 101 Å². The molecule has 0 radical (unpaired) electrons. The first-order valence-electron chi connectivity index (χ1n) is 11.8. The van der Waals surface area contributed by atoms with Gasteiger partial charge in [0.05, 0.1) is 43.8 Å². The monoisotopic (exact) mass is 456 g/mol. The molecule has 9 nitrogen and oxygen atoms in total. The first-order valence-corrected chi connectivity index (χ1v) is 11.8. The Hall–Kier alpha value is -2.78. The number of para-hydroxylation sites is 1. The van der Waals surface area contributed by atoms with Gasteiger partial charge in [-0.25, -0.2) is 9.80 Å². The van der Waals surface area contributed by atoms with Gasteiger partial charge in [-0.1, -0.05) is 37.5 Å². The summed E-state index contributed by atoms with van der Waals surface area (Å²) >= 11 is 0. The van der Waals surface area contributed by atoms with E-state index in [4.69, 9.17) is 14.6 Å². The summed E-state index contributed by atoms with van der Waals surface area (Å²) in [5.74, 6) is -0.478. The van der Waals surface area contributed by atoms with Crippen molar-refractivity contribution in [2.75, 3.05) is 44.4 Å². The molecule has 0 spiro atoms. The molecule has 1 saturated heterocycles. The Balaban J connectivity index is 1.70. The fraction of sp³-hybridized carbons (Fsp3) is 0.583. The number of benzene rings is 1. The minimum atomic E-state index is -0.530. The second kappa shape index (κ2) is 10.9. The van der Waals surface area contributed by atoms with E-state index in [1.807, 2.05) is 24.3 Å². The summed E-state index contributed by atoms with van der Waals surface area (Å²) in [6.07, 6.45) is 5.36. The molecule has 3 aliphatic rings. The molecule has 1 atom stereocenters. The maximum Gasteiger partial charge on any atom is 0.345 e. The lowest BCUT2D eigenvalue weighted by Gasteiger charge is -2.28. The summed E-state index contributed by atoms with van der Waals surface area (Å²) < 4.78 is 10.5. The highest BCUT2D eigenvalue weighted by Crippen LogP contribution is 2.34. The average Bonchev–Trinajstić information content (AvgIpc) is 2.96. The number of urea groups is 1. The highest BCUT2D eigenvalue weighted by Gasteiger charge is 2.36. The first-order chi connectivity index (χ1) is 16.1. The maximum absolute atomic E-state index is 13.6. The predicted molar refractivity (Wildman–Crippen MR) is 123 cm³/mol. The number of hydrazone groups is 1. The lowest BCUT2D eigenvalue weighted by Crippen LogP contribution is -2.52. The number of esters is 1. The van der Waals surface area contributed by atoms with E-state index in [-0.39, 0.29) is 38.0 Å². The molecular formula is C24H32N4O5. The average molecular weight is 457 g/mol. The molecule has 178 valence electrons. The van der Waals surface area contributed by atoms with Crippen LogP contribution in [0.15, 0.2) is 29.4 Å². The van der Waals surface area contributed by atoms with Crippen molar-refractivity contribution in [3.8, 4) is 0 Å². The SMILES string of the molecule is CCOC(=O)CN1N=C(C2CCCCC2)c2ccccc2N(CC(=O)C2COCCN2)C1=O. The van der Waals surface area contributed by atoms with Gasteiger partial charge in [-0.15, -0.1) is 0 Å². The second-order valence-electron chi connectivity index (χ2n) is 8.62. The highest BCUT2D eigenvalue weighted by atomic mass is 16.5. The molecule has 33 heavy (non-hydrogen) atoms. The van der Waals surface area contributed by atoms with E-state index < -0.39 is 18.0 Å². The van der Waals surface area contributed by atoms with Gasteiger partial charge in [0.25, 0.3) is 0 Å². The number of fused-ring (bicyclic) bond motifs is 1. The third-order valence-electron chi connectivity index (χ3n) is 6.35.